The molecule has 21 heavy (non-hydrogen) atoms. The van der Waals surface area contributed by atoms with E-state index in [0.717, 1.165) is 44.4 Å². The second-order valence-electron chi connectivity index (χ2n) is 6.60. The molecule has 2 aliphatic rings. The van der Waals surface area contributed by atoms with Crippen LogP contribution in [0.15, 0.2) is 35.6 Å². The molecule has 1 unspecified atom stereocenters. The lowest BCUT2D eigenvalue weighted by atomic mass is 9.71. The molecule has 0 radical (unpaired) electrons. The number of allylic oxidation sites excluding steroid dienone is 4. The molecule has 3 nitrogen and oxygen atoms in total. The second-order valence-corrected chi connectivity index (χ2v) is 6.60. The fourth-order valence-corrected chi connectivity index (χ4v) is 3.53. The zero-order chi connectivity index (χ0) is 15.3. The summed E-state index contributed by atoms with van der Waals surface area (Å²) in [6.07, 6.45) is 14.6. The van der Waals surface area contributed by atoms with Crippen LogP contribution in [-0.4, -0.2) is 43.4 Å². The lowest BCUT2D eigenvalue weighted by molar-refractivity contribution is -0.0436. The van der Waals surface area contributed by atoms with Crippen molar-refractivity contribution in [2.45, 2.75) is 44.1 Å². The molecule has 0 aromatic carbocycles. The van der Waals surface area contributed by atoms with Gasteiger partial charge in [-0.15, -0.1) is 0 Å². The van der Waals surface area contributed by atoms with Crippen LogP contribution in [0.3, 0.4) is 0 Å². The zero-order valence-corrected chi connectivity index (χ0v) is 13.6. The van der Waals surface area contributed by atoms with Gasteiger partial charge in [0.15, 0.2) is 0 Å². The van der Waals surface area contributed by atoms with Crippen molar-refractivity contribution in [2.75, 3.05) is 27.7 Å². The van der Waals surface area contributed by atoms with E-state index in [2.05, 4.69) is 31.1 Å². The van der Waals surface area contributed by atoms with Crippen LogP contribution in [0.1, 0.15) is 38.5 Å². The number of ether oxygens (including phenoxy) is 1. The first-order valence-electron chi connectivity index (χ1n) is 8.03. The summed E-state index contributed by atoms with van der Waals surface area (Å²) in [5.74, 6) is 1.08. The van der Waals surface area contributed by atoms with Crippen molar-refractivity contribution in [1.82, 2.24) is 4.90 Å². The van der Waals surface area contributed by atoms with E-state index >= 15 is 0 Å². The number of hydrogen-bond acceptors (Lipinski definition) is 3. The van der Waals surface area contributed by atoms with Gasteiger partial charge in [-0.05, 0) is 45.5 Å². The average molecular weight is 291 g/mol. The van der Waals surface area contributed by atoms with Crippen LogP contribution in [-0.2, 0) is 4.74 Å². The summed E-state index contributed by atoms with van der Waals surface area (Å²) in [5.41, 5.74) is 0.768. The lowest BCUT2D eigenvalue weighted by Gasteiger charge is -2.41. The molecule has 2 aliphatic carbocycles. The standard InChI is InChI=1S/C18H29NO2/c1-19(2)14-17(18(20)12-5-4-6-13-18)15-8-7-9-16(21-3)11-10-15/h7,9-11,17,20H,4-6,8,12-14H2,1-3H3. The van der Waals surface area contributed by atoms with Gasteiger partial charge in [0.1, 0.15) is 5.76 Å². The van der Waals surface area contributed by atoms with Gasteiger partial charge in [-0.3, -0.25) is 0 Å². The van der Waals surface area contributed by atoms with Gasteiger partial charge in [0.2, 0.25) is 0 Å². The molecule has 2 rings (SSSR count). The zero-order valence-electron chi connectivity index (χ0n) is 13.6. The number of hydrogen-bond donors (Lipinski definition) is 1. The summed E-state index contributed by atoms with van der Waals surface area (Å²) in [6.45, 7) is 0.895. The summed E-state index contributed by atoms with van der Waals surface area (Å²) in [7, 11) is 5.87. The quantitative estimate of drug-likeness (QED) is 0.844. The SMILES string of the molecule is COC1=CC=C(C(CN(C)C)C2(O)CCCCC2)CC=C1. The monoisotopic (exact) mass is 291 g/mol. The van der Waals surface area contributed by atoms with Gasteiger partial charge in [-0.2, -0.15) is 0 Å². The van der Waals surface area contributed by atoms with Crippen LogP contribution < -0.4 is 0 Å². The largest absolute Gasteiger partial charge is 0.497 e. The molecular weight excluding hydrogens is 262 g/mol. The van der Waals surface area contributed by atoms with Crippen molar-refractivity contribution in [3.05, 3.63) is 35.6 Å². The van der Waals surface area contributed by atoms with Gasteiger partial charge in [0.25, 0.3) is 0 Å². The molecule has 1 N–H and O–H groups in total. The highest BCUT2D eigenvalue weighted by molar-refractivity contribution is 5.30. The minimum absolute atomic E-state index is 0.199. The highest BCUT2D eigenvalue weighted by Crippen LogP contribution is 2.39. The number of aliphatic hydroxyl groups is 1. The minimum atomic E-state index is -0.548. The molecule has 118 valence electrons. The summed E-state index contributed by atoms with van der Waals surface area (Å²) < 4.78 is 5.31. The topological polar surface area (TPSA) is 32.7 Å². The van der Waals surface area contributed by atoms with Gasteiger partial charge in [0.05, 0.1) is 12.7 Å². The predicted molar refractivity (Wildman–Crippen MR) is 87.0 cm³/mol. The first-order chi connectivity index (χ1) is 10.0. The molecule has 1 saturated carbocycles. The van der Waals surface area contributed by atoms with Crippen LogP contribution in [0.5, 0.6) is 0 Å². The molecule has 0 aromatic heterocycles. The summed E-state index contributed by atoms with van der Waals surface area (Å²) in [4.78, 5) is 2.19. The molecule has 3 heteroatoms. The van der Waals surface area contributed by atoms with Crippen LogP contribution >= 0.6 is 0 Å². The Kier molecular flexibility index (Phi) is 5.65. The Bertz CT molecular complexity index is 428. The molecule has 0 aliphatic heterocycles. The van der Waals surface area contributed by atoms with E-state index in [-0.39, 0.29) is 5.92 Å². The summed E-state index contributed by atoms with van der Waals surface area (Å²) in [5, 5.41) is 11.2. The van der Waals surface area contributed by atoms with Crippen LogP contribution in [0.25, 0.3) is 0 Å². The number of methoxy groups -OCH3 is 1. The van der Waals surface area contributed by atoms with Crippen molar-refractivity contribution in [3.8, 4) is 0 Å². The van der Waals surface area contributed by atoms with Crippen molar-refractivity contribution < 1.29 is 9.84 Å². The van der Waals surface area contributed by atoms with Gasteiger partial charge in [0, 0.05) is 12.5 Å². The molecule has 0 amide bonds. The smallest absolute Gasteiger partial charge is 0.118 e. The molecule has 0 aromatic rings. The van der Waals surface area contributed by atoms with Gasteiger partial charge in [-0.1, -0.05) is 37.0 Å². The molecule has 1 fully saturated rings. The number of nitrogens with zero attached hydrogens (tertiary/aromatic N) is 1. The first-order valence-corrected chi connectivity index (χ1v) is 8.03. The van der Waals surface area contributed by atoms with Crippen LogP contribution in [0.2, 0.25) is 0 Å². The maximum absolute atomic E-state index is 11.2. The number of rotatable bonds is 5. The van der Waals surface area contributed by atoms with E-state index in [0.29, 0.717) is 0 Å². The molecule has 0 bridgehead atoms. The van der Waals surface area contributed by atoms with Gasteiger partial charge >= 0.3 is 0 Å². The maximum atomic E-state index is 11.2. The van der Waals surface area contributed by atoms with Gasteiger partial charge < -0.3 is 14.7 Å². The fraction of sp³-hybridized carbons (Fsp3) is 0.667. The lowest BCUT2D eigenvalue weighted by Crippen LogP contribution is -2.45. The first kappa shape index (κ1) is 16.3. The van der Waals surface area contributed by atoms with Crippen molar-refractivity contribution >= 4 is 0 Å². The fourth-order valence-electron chi connectivity index (χ4n) is 3.53. The Balaban J connectivity index is 2.25. The molecule has 0 saturated heterocycles. The van der Waals surface area contributed by atoms with E-state index in [1.165, 1.54) is 12.0 Å². The van der Waals surface area contributed by atoms with E-state index in [1.807, 2.05) is 12.2 Å². The Labute approximate surface area is 129 Å². The molecule has 0 spiro atoms. The highest BCUT2D eigenvalue weighted by Gasteiger charge is 2.39. The second kappa shape index (κ2) is 7.28. The Morgan fingerprint density at radius 3 is 2.57 bits per heavy atom. The van der Waals surface area contributed by atoms with E-state index in [9.17, 15) is 5.11 Å². The molecule has 0 heterocycles. The van der Waals surface area contributed by atoms with Crippen molar-refractivity contribution in [3.63, 3.8) is 0 Å². The Morgan fingerprint density at radius 1 is 1.24 bits per heavy atom. The third kappa shape index (κ3) is 4.21. The van der Waals surface area contributed by atoms with E-state index in [4.69, 9.17) is 4.74 Å². The van der Waals surface area contributed by atoms with Crippen LogP contribution in [0.4, 0.5) is 0 Å². The Hall–Kier alpha value is -1.06. The van der Waals surface area contributed by atoms with Gasteiger partial charge in [-0.25, -0.2) is 0 Å². The van der Waals surface area contributed by atoms with Crippen molar-refractivity contribution in [2.24, 2.45) is 5.92 Å². The predicted octanol–water partition coefficient (Wildman–Crippen LogP) is 3.28. The maximum Gasteiger partial charge on any atom is 0.118 e. The van der Waals surface area contributed by atoms with E-state index in [1.54, 1.807) is 7.11 Å². The Morgan fingerprint density at radius 2 is 1.95 bits per heavy atom. The molecule has 1 atom stereocenters. The minimum Gasteiger partial charge on any atom is -0.497 e. The third-order valence-corrected chi connectivity index (χ3v) is 4.70. The average Bonchev–Trinajstić information content (AvgIpc) is 2.70. The normalized spacial score (nSPS) is 23.3. The third-order valence-electron chi connectivity index (χ3n) is 4.70. The molecular formula is C18H29NO2. The van der Waals surface area contributed by atoms with Crippen LogP contribution in [0, 0.1) is 5.92 Å². The van der Waals surface area contributed by atoms with Crippen molar-refractivity contribution in [1.29, 1.82) is 0 Å². The highest BCUT2D eigenvalue weighted by atomic mass is 16.5. The van der Waals surface area contributed by atoms with E-state index < -0.39 is 5.60 Å². The summed E-state index contributed by atoms with van der Waals surface area (Å²) in [6, 6.07) is 0. The summed E-state index contributed by atoms with van der Waals surface area (Å²) >= 11 is 0.